The second-order valence-electron chi connectivity index (χ2n) is 5.04. The quantitative estimate of drug-likeness (QED) is 0.847. The lowest BCUT2D eigenvalue weighted by molar-refractivity contribution is 0.0961. The summed E-state index contributed by atoms with van der Waals surface area (Å²) in [7, 11) is 1.53. The van der Waals surface area contributed by atoms with Gasteiger partial charge in [0.2, 0.25) is 0 Å². The van der Waals surface area contributed by atoms with Crippen LogP contribution in [0.5, 0.6) is 0 Å². The van der Waals surface area contributed by atoms with Crippen LogP contribution in [-0.4, -0.2) is 24.1 Å². The molecule has 0 spiro atoms. The van der Waals surface area contributed by atoms with Crippen LogP contribution >= 0.6 is 0 Å². The van der Waals surface area contributed by atoms with Gasteiger partial charge in [-0.05, 0) is 23.7 Å². The first-order chi connectivity index (χ1) is 10.7. The van der Waals surface area contributed by atoms with Crippen LogP contribution in [0, 0.1) is 0 Å². The maximum absolute atomic E-state index is 12.5. The Morgan fingerprint density at radius 3 is 2.55 bits per heavy atom. The maximum atomic E-state index is 12.5. The highest BCUT2D eigenvalue weighted by Gasteiger charge is 2.13. The topological polar surface area (TPSA) is 63.1 Å². The highest BCUT2D eigenvalue weighted by Crippen LogP contribution is 2.05. The number of nitrogens with one attached hydrogen (secondary N) is 2. The average molecular weight is 299 g/mol. The molecule has 0 saturated carbocycles. The van der Waals surface area contributed by atoms with Crippen LogP contribution in [0.2, 0.25) is 0 Å². The van der Waals surface area contributed by atoms with Gasteiger partial charge in [-0.2, -0.15) is 0 Å². The second kappa shape index (κ2) is 7.56. The molecule has 2 aromatic rings. The van der Waals surface area contributed by atoms with Crippen LogP contribution in [0.1, 0.15) is 28.4 Å². The van der Waals surface area contributed by atoms with Gasteiger partial charge in [0.15, 0.2) is 0 Å². The van der Waals surface area contributed by atoms with Crippen molar-refractivity contribution in [3.8, 4) is 0 Å². The van der Waals surface area contributed by atoms with Crippen molar-refractivity contribution in [2.45, 2.75) is 20.0 Å². The Kier molecular flexibility index (Phi) is 5.49. The Balaban J connectivity index is 2.42. The molecule has 1 heterocycles. The number of amides is 1. The minimum atomic E-state index is -0.356. The Morgan fingerprint density at radius 2 is 1.91 bits per heavy atom. The van der Waals surface area contributed by atoms with Gasteiger partial charge in [0.25, 0.3) is 11.5 Å². The summed E-state index contributed by atoms with van der Waals surface area (Å²) in [5.41, 5.74) is 1.83. The van der Waals surface area contributed by atoms with Gasteiger partial charge in [-0.1, -0.05) is 37.3 Å². The minimum absolute atomic E-state index is 0.175. The first-order valence-corrected chi connectivity index (χ1v) is 7.35. The maximum Gasteiger partial charge on any atom is 0.263 e. The number of benzene rings is 1. The van der Waals surface area contributed by atoms with Crippen molar-refractivity contribution in [2.75, 3.05) is 13.6 Å². The zero-order chi connectivity index (χ0) is 15.9. The highest BCUT2D eigenvalue weighted by atomic mass is 16.2. The molecule has 116 valence electrons. The van der Waals surface area contributed by atoms with Crippen LogP contribution in [0.15, 0.2) is 47.4 Å². The van der Waals surface area contributed by atoms with E-state index in [0.29, 0.717) is 13.1 Å². The second-order valence-corrected chi connectivity index (χ2v) is 5.04. The van der Waals surface area contributed by atoms with Crippen molar-refractivity contribution < 1.29 is 4.79 Å². The van der Waals surface area contributed by atoms with E-state index in [9.17, 15) is 9.59 Å². The van der Waals surface area contributed by atoms with Crippen molar-refractivity contribution in [3.05, 3.63) is 69.6 Å². The number of hydrogen-bond acceptors (Lipinski definition) is 3. The predicted molar refractivity (Wildman–Crippen MR) is 87.0 cm³/mol. The molecular formula is C17H21N3O2. The number of carbonyl (C=O) groups is 1. The summed E-state index contributed by atoms with van der Waals surface area (Å²) in [6.45, 7) is 3.91. The molecule has 1 aromatic heterocycles. The van der Waals surface area contributed by atoms with Crippen molar-refractivity contribution in [1.29, 1.82) is 0 Å². The minimum Gasteiger partial charge on any atom is -0.355 e. The first-order valence-electron chi connectivity index (χ1n) is 7.35. The standard InChI is InChI=1S/C17H21N3O2/c1-3-19-10-14-9-15(16(21)18-2)17(22)20(12-14)11-13-7-5-4-6-8-13/h4-9,12,19H,3,10-11H2,1-2H3,(H,18,21). The van der Waals surface area contributed by atoms with Crippen molar-refractivity contribution >= 4 is 5.91 Å². The molecule has 2 rings (SSSR count). The van der Waals surface area contributed by atoms with Crippen molar-refractivity contribution in [3.63, 3.8) is 0 Å². The van der Waals surface area contributed by atoms with Crippen LogP contribution in [0.4, 0.5) is 0 Å². The van der Waals surface area contributed by atoms with Crippen LogP contribution in [0.25, 0.3) is 0 Å². The monoisotopic (exact) mass is 299 g/mol. The van der Waals surface area contributed by atoms with E-state index in [1.54, 1.807) is 10.6 Å². The summed E-state index contributed by atoms with van der Waals surface area (Å²) >= 11 is 0. The molecule has 22 heavy (non-hydrogen) atoms. The van der Waals surface area contributed by atoms with Crippen molar-refractivity contribution in [1.82, 2.24) is 15.2 Å². The molecule has 0 saturated heterocycles. The fourth-order valence-corrected chi connectivity index (χ4v) is 2.26. The van der Waals surface area contributed by atoms with Crippen LogP contribution in [0.3, 0.4) is 0 Å². The molecule has 0 fully saturated rings. The van der Waals surface area contributed by atoms with Gasteiger partial charge in [-0.25, -0.2) is 0 Å². The van der Waals surface area contributed by atoms with E-state index < -0.39 is 0 Å². The van der Waals surface area contributed by atoms with Crippen LogP contribution < -0.4 is 16.2 Å². The lowest BCUT2D eigenvalue weighted by atomic mass is 10.1. The number of aromatic nitrogens is 1. The van der Waals surface area contributed by atoms with Gasteiger partial charge in [-0.15, -0.1) is 0 Å². The lowest BCUT2D eigenvalue weighted by Gasteiger charge is -2.12. The molecule has 2 N–H and O–H groups in total. The van der Waals surface area contributed by atoms with Gasteiger partial charge in [0.05, 0.1) is 6.54 Å². The first kappa shape index (κ1) is 16.0. The molecule has 1 amide bonds. The Bertz CT molecular complexity index is 693. The van der Waals surface area contributed by atoms with Gasteiger partial charge in [0, 0.05) is 19.8 Å². The van der Waals surface area contributed by atoms with Gasteiger partial charge < -0.3 is 15.2 Å². The Morgan fingerprint density at radius 1 is 1.18 bits per heavy atom. The third-order valence-corrected chi connectivity index (χ3v) is 3.39. The summed E-state index contributed by atoms with van der Waals surface area (Å²) in [6, 6.07) is 11.4. The van der Waals surface area contributed by atoms with E-state index in [1.807, 2.05) is 43.5 Å². The smallest absolute Gasteiger partial charge is 0.263 e. The largest absolute Gasteiger partial charge is 0.355 e. The molecule has 0 unspecified atom stereocenters. The van der Waals surface area contributed by atoms with Gasteiger partial charge in [-0.3, -0.25) is 9.59 Å². The zero-order valence-electron chi connectivity index (χ0n) is 12.9. The lowest BCUT2D eigenvalue weighted by Crippen LogP contribution is -2.32. The summed E-state index contributed by atoms with van der Waals surface area (Å²) in [6.07, 6.45) is 1.81. The van der Waals surface area contributed by atoms with Crippen LogP contribution in [-0.2, 0) is 13.1 Å². The fraction of sp³-hybridized carbons (Fsp3) is 0.294. The zero-order valence-corrected chi connectivity index (χ0v) is 12.9. The SMILES string of the molecule is CCNCc1cc(C(=O)NC)c(=O)n(Cc2ccccc2)c1. The predicted octanol–water partition coefficient (Wildman–Crippen LogP) is 1.37. The molecule has 1 aromatic carbocycles. The molecule has 0 atom stereocenters. The van der Waals surface area contributed by atoms with E-state index in [2.05, 4.69) is 10.6 Å². The van der Waals surface area contributed by atoms with Gasteiger partial charge >= 0.3 is 0 Å². The highest BCUT2D eigenvalue weighted by molar-refractivity contribution is 5.93. The Hall–Kier alpha value is -2.40. The van der Waals surface area contributed by atoms with E-state index in [-0.39, 0.29) is 17.0 Å². The molecule has 0 bridgehead atoms. The fourth-order valence-electron chi connectivity index (χ4n) is 2.26. The summed E-state index contributed by atoms with van der Waals surface area (Å²) < 4.78 is 1.59. The van der Waals surface area contributed by atoms with E-state index >= 15 is 0 Å². The third-order valence-electron chi connectivity index (χ3n) is 3.39. The molecule has 0 aliphatic rings. The molecule has 0 aliphatic carbocycles. The third kappa shape index (κ3) is 3.83. The normalized spacial score (nSPS) is 10.5. The number of pyridine rings is 1. The molecule has 5 nitrogen and oxygen atoms in total. The van der Waals surface area contributed by atoms with E-state index in [1.165, 1.54) is 7.05 Å². The number of carbonyl (C=O) groups excluding carboxylic acids is 1. The summed E-state index contributed by atoms with van der Waals surface area (Å²) in [4.78, 5) is 24.4. The molecular weight excluding hydrogens is 278 g/mol. The summed E-state index contributed by atoms with van der Waals surface area (Å²) in [5, 5.41) is 5.74. The molecule has 0 radical (unpaired) electrons. The number of rotatable bonds is 6. The number of hydrogen-bond donors (Lipinski definition) is 2. The summed E-state index contributed by atoms with van der Waals surface area (Å²) in [5.74, 6) is -0.356. The van der Waals surface area contributed by atoms with E-state index in [4.69, 9.17) is 0 Å². The Labute approximate surface area is 130 Å². The molecule has 0 aliphatic heterocycles. The van der Waals surface area contributed by atoms with Gasteiger partial charge in [0.1, 0.15) is 5.56 Å². The van der Waals surface area contributed by atoms with Crippen molar-refractivity contribution in [2.24, 2.45) is 0 Å². The molecule has 5 heteroatoms. The van der Waals surface area contributed by atoms with E-state index in [0.717, 1.165) is 17.7 Å². The average Bonchev–Trinajstić information content (AvgIpc) is 2.55. The number of nitrogens with zero attached hydrogens (tertiary/aromatic N) is 1.